The first-order valence-electron chi connectivity index (χ1n) is 7.67. The smallest absolute Gasteiger partial charge is 0.329 e. The summed E-state index contributed by atoms with van der Waals surface area (Å²) < 4.78 is 16.2. The van der Waals surface area contributed by atoms with Gasteiger partial charge in [0.2, 0.25) is 0 Å². The molecule has 0 bridgehead atoms. The molecular weight excluding hydrogens is 258 g/mol. The Balaban J connectivity index is 2.63. The summed E-state index contributed by atoms with van der Waals surface area (Å²) in [7, 11) is 0. The van der Waals surface area contributed by atoms with Crippen molar-refractivity contribution in [3.05, 3.63) is 0 Å². The molecule has 0 aliphatic heterocycles. The van der Waals surface area contributed by atoms with Crippen molar-refractivity contribution in [1.82, 2.24) is 5.32 Å². The molecule has 1 saturated carbocycles. The van der Waals surface area contributed by atoms with E-state index in [1.165, 1.54) is 0 Å². The van der Waals surface area contributed by atoms with Gasteiger partial charge >= 0.3 is 5.97 Å². The molecule has 118 valence electrons. The minimum atomic E-state index is -0.698. The second-order valence-corrected chi connectivity index (χ2v) is 5.51. The van der Waals surface area contributed by atoms with Gasteiger partial charge in [0, 0.05) is 12.6 Å². The van der Waals surface area contributed by atoms with Crippen molar-refractivity contribution >= 4 is 5.97 Å². The Morgan fingerprint density at radius 3 is 2.35 bits per heavy atom. The Labute approximate surface area is 122 Å². The van der Waals surface area contributed by atoms with Crippen molar-refractivity contribution in [1.29, 1.82) is 0 Å². The van der Waals surface area contributed by atoms with Crippen molar-refractivity contribution in [2.24, 2.45) is 5.92 Å². The van der Waals surface area contributed by atoms with E-state index in [0.717, 1.165) is 12.8 Å². The highest BCUT2D eigenvalue weighted by Gasteiger charge is 2.52. The minimum Gasteiger partial charge on any atom is -0.465 e. The third kappa shape index (κ3) is 5.04. The molecule has 20 heavy (non-hydrogen) atoms. The quantitative estimate of drug-likeness (QED) is 0.463. The van der Waals surface area contributed by atoms with Gasteiger partial charge in [0.15, 0.2) is 0 Å². The summed E-state index contributed by atoms with van der Waals surface area (Å²) in [6.07, 6.45) is 2.10. The molecule has 0 spiro atoms. The van der Waals surface area contributed by atoms with Crippen LogP contribution in [-0.4, -0.2) is 50.6 Å². The molecule has 0 aromatic rings. The number of hydrogen-bond acceptors (Lipinski definition) is 5. The van der Waals surface area contributed by atoms with E-state index in [-0.39, 0.29) is 12.0 Å². The zero-order chi connectivity index (χ0) is 15.0. The van der Waals surface area contributed by atoms with E-state index in [1.807, 2.05) is 27.7 Å². The summed E-state index contributed by atoms with van der Waals surface area (Å²) >= 11 is 0. The van der Waals surface area contributed by atoms with Crippen LogP contribution in [0.1, 0.15) is 40.5 Å². The summed E-state index contributed by atoms with van der Waals surface area (Å²) in [4.78, 5) is 12.4. The lowest BCUT2D eigenvalue weighted by atomic mass is 9.93. The number of carbonyl (C=O) groups excluding carboxylic acids is 1. The van der Waals surface area contributed by atoms with Crippen LogP contribution in [0.5, 0.6) is 0 Å². The third-order valence-electron chi connectivity index (χ3n) is 3.37. The standard InChI is InChI=1S/C15H29NO4/c1-5-18-9-10-19-11-15(13-7-8-13,16-12(3)4)14(17)20-6-2/h12-13,16H,5-11H2,1-4H3. The molecule has 0 heterocycles. The molecule has 1 aliphatic carbocycles. The van der Waals surface area contributed by atoms with Crippen molar-refractivity contribution in [2.75, 3.05) is 33.0 Å². The van der Waals surface area contributed by atoms with Crippen molar-refractivity contribution in [3.63, 3.8) is 0 Å². The number of ether oxygens (including phenoxy) is 3. The van der Waals surface area contributed by atoms with Gasteiger partial charge in [-0.25, -0.2) is 4.79 Å². The van der Waals surface area contributed by atoms with Crippen LogP contribution in [0.15, 0.2) is 0 Å². The molecule has 0 saturated heterocycles. The van der Waals surface area contributed by atoms with Crippen LogP contribution in [0.4, 0.5) is 0 Å². The van der Waals surface area contributed by atoms with E-state index in [9.17, 15) is 4.79 Å². The first kappa shape index (κ1) is 17.4. The van der Waals surface area contributed by atoms with E-state index in [0.29, 0.717) is 39.0 Å². The highest BCUT2D eigenvalue weighted by Crippen LogP contribution is 2.41. The fourth-order valence-electron chi connectivity index (χ4n) is 2.41. The molecule has 0 amide bonds. The lowest BCUT2D eigenvalue weighted by Crippen LogP contribution is -2.60. The van der Waals surface area contributed by atoms with E-state index < -0.39 is 5.54 Å². The zero-order valence-electron chi connectivity index (χ0n) is 13.2. The Bertz CT molecular complexity index is 292. The maximum atomic E-state index is 12.4. The summed E-state index contributed by atoms with van der Waals surface area (Å²) in [6.45, 7) is 10.3. The van der Waals surface area contributed by atoms with Crippen LogP contribution in [0.25, 0.3) is 0 Å². The van der Waals surface area contributed by atoms with Crippen LogP contribution in [0.3, 0.4) is 0 Å². The van der Waals surface area contributed by atoms with Gasteiger partial charge in [0.25, 0.3) is 0 Å². The van der Waals surface area contributed by atoms with Crippen LogP contribution < -0.4 is 5.32 Å². The number of rotatable bonds is 11. The van der Waals surface area contributed by atoms with Crippen LogP contribution >= 0.6 is 0 Å². The molecule has 1 aliphatic rings. The van der Waals surface area contributed by atoms with Crippen molar-refractivity contribution < 1.29 is 19.0 Å². The van der Waals surface area contributed by atoms with E-state index in [4.69, 9.17) is 14.2 Å². The average Bonchev–Trinajstić information content (AvgIpc) is 3.21. The van der Waals surface area contributed by atoms with Gasteiger partial charge in [0.1, 0.15) is 5.54 Å². The minimum absolute atomic E-state index is 0.187. The summed E-state index contributed by atoms with van der Waals surface area (Å²) in [5.41, 5.74) is -0.698. The fraction of sp³-hybridized carbons (Fsp3) is 0.933. The zero-order valence-corrected chi connectivity index (χ0v) is 13.2. The van der Waals surface area contributed by atoms with Gasteiger partial charge in [0.05, 0.1) is 26.4 Å². The topological polar surface area (TPSA) is 56.8 Å². The first-order valence-corrected chi connectivity index (χ1v) is 7.67. The van der Waals surface area contributed by atoms with E-state index >= 15 is 0 Å². The van der Waals surface area contributed by atoms with Crippen molar-refractivity contribution in [2.45, 2.75) is 52.1 Å². The predicted octanol–water partition coefficient (Wildman–Crippen LogP) is 1.75. The molecule has 0 aromatic carbocycles. The molecule has 1 unspecified atom stereocenters. The van der Waals surface area contributed by atoms with Crippen LogP contribution in [-0.2, 0) is 19.0 Å². The van der Waals surface area contributed by atoms with Crippen molar-refractivity contribution in [3.8, 4) is 0 Å². The van der Waals surface area contributed by atoms with Crippen LogP contribution in [0, 0.1) is 5.92 Å². The van der Waals surface area contributed by atoms with Gasteiger partial charge in [-0.05, 0) is 46.5 Å². The molecule has 5 nitrogen and oxygen atoms in total. The molecule has 1 N–H and O–H groups in total. The summed E-state index contributed by atoms with van der Waals surface area (Å²) in [5, 5.41) is 3.39. The molecule has 1 atom stereocenters. The predicted molar refractivity (Wildman–Crippen MR) is 77.7 cm³/mol. The summed E-state index contributed by atoms with van der Waals surface area (Å²) in [5.74, 6) is 0.128. The van der Waals surface area contributed by atoms with E-state index in [2.05, 4.69) is 5.32 Å². The fourth-order valence-corrected chi connectivity index (χ4v) is 2.41. The monoisotopic (exact) mass is 287 g/mol. The Hall–Kier alpha value is -0.650. The molecule has 0 radical (unpaired) electrons. The maximum Gasteiger partial charge on any atom is 0.329 e. The Morgan fingerprint density at radius 1 is 1.20 bits per heavy atom. The van der Waals surface area contributed by atoms with Gasteiger partial charge in [-0.3, -0.25) is 5.32 Å². The van der Waals surface area contributed by atoms with Crippen LogP contribution in [0.2, 0.25) is 0 Å². The molecule has 5 heteroatoms. The number of esters is 1. The maximum absolute atomic E-state index is 12.4. The van der Waals surface area contributed by atoms with Gasteiger partial charge in [-0.1, -0.05) is 0 Å². The lowest BCUT2D eigenvalue weighted by Gasteiger charge is -2.34. The Morgan fingerprint density at radius 2 is 1.85 bits per heavy atom. The largest absolute Gasteiger partial charge is 0.465 e. The highest BCUT2D eigenvalue weighted by atomic mass is 16.5. The third-order valence-corrected chi connectivity index (χ3v) is 3.37. The number of nitrogens with one attached hydrogen (secondary N) is 1. The average molecular weight is 287 g/mol. The molecule has 0 aromatic heterocycles. The van der Waals surface area contributed by atoms with Gasteiger partial charge in [-0.15, -0.1) is 0 Å². The Kier molecular flexibility index (Phi) is 7.48. The molecular formula is C15H29NO4. The number of carbonyl (C=O) groups is 1. The summed E-state index contributed by atoms with van der Waals surface area (Å²) in [6, 6.07) is 0.204. The first-order chi connectivity index (χ1) is 9.56. The van der Waals surface area contributed by atoms with Gasteiger partial charge < -0.3 is 14.2 Å². The normalized spacial score (nSPS) is 18.1. The second-order valence-electron chi connectivity index (χ2n) is 5.51. The number of hydrogen-bond donors (Lipinski definition) is 1. The molecule has 1 fully saturated rings. The SMILES string of the molecule is CCOCCOCC(NC(C)C)(C(=O)OCC)C1CC1. The van der Waals surface area contributed by atoms with E-state index in [1.54, 1.807) is 0 Å². The lowest BCUT2D eigenvalue weighted by molar-refractivity contribution is -0.156. The second kappa shape index (κ2) is 8.60. The van der Waals surface area contributed by atoms with Gasteiger partial charge in [-0.2, -0.15) is 0 Å². The highest BCUT2D eigenvalue weighted by molar-refractivity contribution is 5.82. The molecule has 1 rings (SSSR count).